The minimum absolute atomic E-state index is 0.140. The monoisotopic (exact) mass is 313 g/mol. The lowest BCUT2D eigenvalue weighted by molar-refractivity contribution is 0.199. The molecule has 0 spiro atoms. The van der Waals surface area contributed by atoms with Crippen molar-refractivity contribution in [2.75, 3.05) is 20.6 Å². The van der Waals surface area contributed by atoms with Gasteiger partial charge in [0.25, 0.3) is 0 Å². The largest absolute Gasteiger partial charge is 0.324 e. The van der Waals surface area contributed by atoms with Crippen molar-refractivity contribution in [2.45, 2.75) is 43.7 Å². The molecule has 0 aliphatic carbocycles. The van der Waals surface area contributed by atoms with E-state index in [9.17, 15) is 8.42 Å². The Morgan fingerprint density at radius 3 is 2.48 bits per heavy atom. The fraction of sp³-hybridized carbons (Fsp3) is 0.600. The van der Waals surface area contributed by atoms with Gasteiger partial charge in [0.05, 0.1) is 4.90 Å². The van der Waals surface area contributed by atoms with Crippen molar-refractivity contribution >= 4 is 10.0 Å². The highest BCUT2D eigenvalue weighted by Gasteiger charge is 2.24. The molecule has 6 heteroatoms. The molecule has 0 heterocycles. The van der Waals surface area contributed by atoms with Crippen LogP contribution in [0, 0.1) is 0 Å². The summed E-state index contributed by atoms with van der Waals surface area (Å²) in [5.74, 6) is 0. The van der Waals surface area contributed by atoms with Gasteiger partial charge in [0.2, 0.25) is 10.0 Å². The molecule has 0 saturated carbocycles. The minimum Gasteiger partial charge on any atom is -0.324 e. The second-order valence-electron chi connectivity index (χ2n) is 6.12. The standard InChI is InChI=1S/C15H27N3O2S/c1-6-14(16)12-8-7-9-13(10-12)21(19,20)17-11-15(2,3)18(4)5/h7-10,14,17H,6,11,16H2,1-5H3. The summed E-state index contributed by atoms with van der Waals surface area (Å²) in [7, 11) is 0.328. The highest BCUT2D eigenvalue weighted by Crippen LogP contribution is 2.18. The van der Waals surface area contributed by atoms with Gasteiger partial charge in [-0.25, -0.2) is 13.1 Å². The highest BCUT2D eigenvalue weighted by molar-refractivity contribution is 7.89. The molecular formula is C15H27N3O2S. The van der Waals surface area contributed by atoms with E-state index >= 15 is 0 Å². The van der Waals surface area contributed by atoms with Crippen molar-refractivity contribution in [2.24, 2.45) is 5.73 Å². The topological polar surface area (TPSA) is 75.4 Å². The van der Waals surface area contributed by atoms with Crippen LogP contribution in [-0.4, -0.2) is 39.5 Å². The van der Waals surface area contributed by atoms with Crippen molar-refractivity contribution in [3.8, 4) is 0 Å². The Hall–Kier alpha value is -0.950. The van der Waals surface area contributed by atoms with E-state index in [0.29, 0.717) is 6.54 Å². The summed E-state index contributed by atoms with van der Waals surface area (Å²) in [5, 5.41) is 0. The smallest absolute Gasteiger partial charge is 0.240 e. The second kappa shape index (κ2) is 6.87. The lowest BCUT2D eigenvalue weighted by atomic mass is 10.1. The van der Waals surface area contributed by atoms with Gasteiger partial charge in [-0.3, -0.25) is 0 Å². The third-order valence-electron chi connectivity index (χ3n) is 3.94. The summed E-state index contributed by atoms with van der Waals surface area (Å²) >= 11 is 0. The van der Waals surface area contributed by atoms with Gasteiger partial charge in [-0.2, -0.15) is 0 Å². The van der Waals surface area contributed by atoms with Crippen molar-refractivity contribution in [3.63, 3.8) is 0 Å². The first kappa shape index (κ1) is 18.1. The van der Waals surface area contributed by atoms with Crippen LogP contribution in [0.2, 0.25) is 0 Å². The van der Waals surface area contributed by atoms with Crippen LogP contribution in [0.3, 0.4) is 0 Å². The number of nitrogens with two attached hydrogens (primary N) is 1. The van der Waals surface area contributed by atoms with Crippen LogP contribution in [0.1, 0.15) is 38.8 Å². The van der Waals surface area contributed by atoms with Gasteiger partial charge in [0.15, 0.2) is 0 Å². The molecule has 0 amide bonds. The second-order valence-corrected chi connectivity index (χ2v) is 7.89. The quantitative estimate of drug-likeness (QED) is 0.803. The number of benzene rings is 1. The molecule has 21 heavy (non-hydrogen) atoms. The van der Waals surface area contributed by atoms with Gasteiger partial charge in [-0.1, -0.05) is 19.1 Å². The normalized spacial score (nSPS) is 14.4. The van der Waals surface area contributed by atoms with E-state index in [1.807, 2.05) is 45.8 Å². The SMILES string of the molecule is CCC(N)c1cccc(S(=O)(=O)NCC(C)(C)N(C)C)c1. The predicted octanol–water partition coefficient (Wildman–Crippen LogP) is 1.71. The molecule has 0 bridgehead atoms. The average molecular weight is 313 g/mol. The molecule has 1 unspecified atom stereocenters. The number of nitrogens with one attached hydrogen (secondary N) is 1. The summed E-state index contributed by atoms with van der Waals surface area (Å²) in [6.07, 6.45) is 0.768. The molecule has 0 saturated heterocycles. The van der Waals surface area contributed by atoms with Gasteiger partial charge >= 0.3 is 0 Å². The van der Waals surface area contributed by atoms with E-state index in [2.05, 4.69) is 4.72 Å². The number of likely N-dealkylation sites (N-methyl/N-ethyl adjacent to an activating group) is 1. The Morgan fingerprint density at radius 1 is 1.33 bits per heavy atom. The van der Waals surface area contributed by atoms with Crippen molar-refractivity contribution in [3.05, 3.63) is 29.8 Å². The number of rotatable bonds is 7. The van der Waals surface area contributed by atoms with Gasteiger partial charge < -0.3 is 10.6 Å². The van der Waals surface area contributed by atoms with Crippen molar-refractivity contribution in [1.82, 2.24) is 9.62 Å². The highest BCUT2D eigenvalue weighted by atomic mass is 32.2. The molecule has 0 radical (unpaired) electrons. The average Bonchev–Trinajstić information content (AvgIpc) is 2.44. The fourth-order valence-electron chi connectivity index (χ4n) is 1.66. The Labute approximate surface area is 128 Å². The first-order valence-corrected chi connectivity index (χ1v) is 8.61. The molecule has 120 valence electrons. The van der Waals surface area contributed by atoms with Crippen LogP contribution in [0.5, 0.6) is 0 Å². The summed E-state index contributed by atoms with van der Waals surface area (Å²) in [6.45, 7) is 6.29. The van der Waals surface area contributed by atoms with Gasteiger partial charge in [0, 0.05) is 18.1 Å². The lowest BCUT2D eigenvalue weighted by Crippen LogP contribution is -2.48. The first-order chi connectivity index (χ1) is 9.60. The molecule has 1 aromatic rings. The summed E-state index contributed by atoms with van der Waals surface area (Å²) in [6, 6.07) is 6.70. The zero-order valence-corrected chi connectivity index (χ0v) is 14.4. The molecule has 1 atom stereocenters. The van der Waals surface area contributed by atoms with Crippen molar-refractivity contribution < 1.29 is 8.42 Å². The number of hydrogen-bond acceptors (Lipinski definition) is 4. The number of nitrogens with zero attached hydrogens (tertiary/aromatic N) is 1. The third-order valence-corrected chi connectivity index (χ3v) is 5.34. The minimum atomic E-state index is -3.52. The zero-order valence-electron chi connectivity index (χ0n) is 13.6. The van der Waals surface area contributed by atoms with E-state index in [-0.39, 0.29) is 16.5 Å². The Balaban J connectivity index is 2.94. The van der Waals surface area contributed by atoms with Crippen LogP contribution in [-0.2, 0) is 10.0 Å². The van der Waals surface area contributed by atoms with Crippen LogP contribution in [0.15, 0.2) is 29.2 Å². The Morgan fingerprint density at radius 2 is 1.95 bits per heavy atom. The van der Waals surface area contributed by atoms with Crippen LogP contribution in [0.4, 0.5) is 0 Å². The van der Waals surface area contributed by atoms with Crippen LogP contribution < -0.4 is 10.5 Å². The zero-order chi connectivity index (χ0) is 16.3. The van der Waals surface area contributed by atoms with E-state index in [4.69, 9.17) is 5.73 Å². The molecule has 0 aromatic heterocycles. The van der Waals surface area contributed by atoms with Gasteiger partial charge in [-0.05, 0) is 52.1 Å². The van der Waals surface area contributed by atoms with Crippen molar-refractivity contribution in [1.29, 1.82) is 0 Å². The molecule has 0 aliphatic rings. The molecule has 1 rings (SSSR count). The van der Waals surface area contributed by atoms with Gasteiger partial charge in [-0.15, -0.1) is 0 Å². The Bertz CT molecular complexity index is 568. The van der Waals surface area contributed by atoms with E-state index in [1.54, 1.807) is 18.2 Å². The summed E-state index contributed by atoms with van der Waals surface area (Å²) in [5.41, 5.74) is 6.55. The van der Waals surface area contributed by atoms with E-state index in [0.717, 1.165) is 12.0 Å². The molecule has 5 nitrogen and oxygen atoms in total. The summed E-state index contributed by atoms with van der Waals surface area (Å²) < 4.78 is 27.5. The maximum atomic E-state index is 12.4. The number of sulfonamides is 1. The lowest BCUT2D eigenvalue weighted by Gasteiger charge is -2.32. The first-order valence-electron chi connectivity index (χ1n) is 7.13. The Kier molecular flexibility index (Phi) is 5.92. The maximum absolute atomic E-state index is 12.4. The van der Waals surface area contributed by atoms with E-state index in [1.165, 1.54) is 0 Å². The molecule has 0 aliphatic heterocycles. The predicted molar refractivity (Wildman–Crippen MR) is 86.6 cm³/mol. The maximum Gasteiger partial charge on any atom is 0.240 e. The fourth-order valence-corrected chi connectivity index (χ4v) is 2.92. The number of hydrogen-bond donors (Lipinski definition) is 2. The molecule has 3 N–H and O–H groups in total. The third kappa shape index (κ3) is 4.78. The van der Waals surface area contributed by atoms with Crippen LogP contribution >= 0.6 is 0 Å². The summed E-state index contributed by atoms with van der Waals surface area (Å²) in [4.78, 5) is 2.25. The van der Waals surface area contributed by atoms with Gasteiger partial charge in [0.1, 0.15) is 0 Å². The molecule has 1 aromatic carbocycles. The molecule has 0 fully saturated rings. The molecular weight excluding hydrogens is 286 g/mol. The van der Waals surface area contributed by atoms with Crippen LogP contribution in [0.25, 0.3) is 0 Å². The van der Waals surface area contributed by atoms with E-state index < -0.39 is 10.0 Å².